The van der Waals surface area contributed by atoms with E-state index in [-0.39, 0.29) is 5.75 Å². The van der Waals surface area contributed by atoms with Crippen LogP contribution in [0.25, 0.3) is 0 Å². The first kappa shape index (κ1) is 13.9. The molecule has 1 unspecified atom stereocenters. The molecule has 0 amide bonds. The van der Waals surface area contributed by atoms with Crippen molar-refractivity contribution >= 4 is 9.84 Å². The molecular formula is C10H23NO2S. The van der Waals surface area contributed by atoms with Crippen molar-refractivity contribution < 1.29 is 8.42 Å². The van der Waals surface area contributed by atoms with Gasteiger partial charge in [0.1, 0.15) is 9.84 Å². The summed E-state index contributed by atoms with van der Waals surface area (Å²) in [6.45, 7) is 4.37. The van der Waals surface area contributed by atoms with Crippen LogP contribution in [0.15, 0.2) is 0 Å². The second-order valence-electron chi connectivity index (χ2n) is 4.38. The molecule has 14 heavy (non-hydrogen) atoms. The molecule has 0 aromatic rings. The Kier molecular flexibility index (Phi) is 6.36. The maximum Gasteiger partial charge on any atom is 0.147 e. The molecule has 0 spiro atoms. The molecule has 0 aromatic carbocycles. The molecule has 0 saturated heterocycles. The molecule has 0 heterocycles. The number of hydrogen-bond acceptors (Lipinski definition) is 3. The molecule has 0 fully saturated rings. The molecule has 0 saturated carbocycles. The molecule has 86 valence electrons. The minimum absolute atomic E-state index is 0.288. The van der Waals surface area contributed by atoms with Crippen LogP contribution in [-0.2, 0) is 9.84 Å². The van der Waals surface area contributed by atoms with Gasteiger partial charge >= 0.3 is 0 Å². The second-order valence-corrected chi connectivity index (χ2v) is 6.64. The third kappa shape index (κ3) is 8.51. The monoisotopic (exact) mass is 221 g/mol. The van der Waals surface area contributed by atoms with Gasteiger partial charge in [-0.3, -0.25) is 0 Å². The van der Waals surface area contributed by atoms with Crippen molar-refractivity contribution in [1.29, 1.82) is 0 Å². The standard InChI is InChI=1S/C10H23NO2S/c1-9(2)5-6-10(11-3)7-8-14(4,12)13/h9-11H,5-8H2,1-4H3. The van der Waals surface area contributed by atoms with E-state index in [2.05, 4.69) is 19.2 Å². The summed E-state index contributed by atoms with van der Waals surface area (Å²) >= 11 is 0. The summed E-state index contributed by atoms with van der Waals surface area (Å²) in [7, 11) is -0.912. The van der Waals surface area contributed by atoms with Crippen LogP contribution < -0.4 is 5.32 Å². The molecule has 1 atom stereocenters. The summed E-state index contributed by atoms with van der Waals surface area (Å²) < 4.78 is 21.9. The van der Waals surface area contributed by atoms with E-state index in [1.807, 2.05) is 7.05 Å². The van der Waals surface area contributed by atoms with E-state index >= 15 is 0 Å². The second kappa shape index (κ2) is 6.40. The summed E-state index contributed by atoms with van der Waals surface area (Å²) in [4.78, 5) is 0. The van der Waals surface area contributed by atoms with Gasteiger partial charge in [-0.1, -0.05) is 13.8 Å². The fourth-order valence-corrected chi connectivity index (χ4v) is 2.04. The molecule has 0 aromatic heterocycles. The molecule has 0 aliphatic carbocycles. The maximum absolute atomic E-state index is 11.0. The minimum Gasteiger partial charge on any atom is -0.317 e. The summed E-state index contributed by atoms with van der Waals surface area (Å²) in [5.41, 5.74) is 0. The first-order chi connectivity index (χ1) is 6.35. The third-order valence-corrected chi connectivity index (χ3v) is 3.32. The first-order valence-corrected chi connectivity index (χ1v) is 7.26. The van der Waals surface area contributed by atoms with Crippen molar-refractivity contribution in [3.8, 4) is 0 Å². The Morgan fingerprint density at radius 2 is 1.71 bits per heavy atom. The van der Waals surface area contributed by atoms with Crippen molar-refractivity contribution in [2.75, 3.05) is 19.1 Å². The average Bonchev–Trinajstić information content (AvgIpc) is 2.02. The van der Waals surface area contributed by atoms with Crippen LogP contribution >= 0.6 is 0 Å². The molecule has 0 aliphatic heterocycles. The highest BCUT2D eigenvalue weighted by Crippen LogP contribution is 2.09. The number of sulfone groups is 1. The van der Waals surface area contributed by atoms with Gasteiger partial charge in [0.05, 0.1) is 5.75 Å². The molecule has 0 radical (unpaired) electrons. The fourth-order valence-electron chi connectivity index (χ4n) is 1.32. The Bertz CT molecular complexity index is 235. The lowest BCUT2D eigenvalue weighted by atomic mass is 10.0. The van der Waals surface area contributed by atoms with Crippen molar-refractivity contribution in [2.24, 2.45) is 5.92 Å². The van der Waals surface area contributed by atoms with Gasteiger partial charge < -0.3 is 5.32 Å². The highest BCUT2D eigenvalue weighted by atomic mass is 32.2. The van der Waals surface area contributed by atoms with E-state index in [1.54, 1.807) is 0 Å². The third-order valence-electron chi connectivity index (χ3n) is 2.34. The summed E-state index contributed by atoms with van der Waals surface area (Å²) in [5, 5.41) is 3.17. The van der Waals surface area contributed by atoms with Crippen molar-refractivity contribution in [3.63, 3.8) is 0 Å². The van der Waals surface area contributed by atoms with Gasteiger partial charge in [0.2, 0.25) is 0 Å². The SMILES string of the molecule is CNC(CCC(C)C)CCS(C)(=O)=O. The van der Waals surface area contributed by atoms with E-state index in [0.29, 0.717) is 12.0 Å². The van der Waals surface area contributed by atoms with Gasteiger partial charge in [-0.05, 0) is 32.2 Å². The van der Waals surface area contributed by atoms with Crippen LogP contribution in [0.3, 0.4) is 0 Å². The predicted molar refractivity (Wildman–Crippen MR) is 61.2 cm³/mol. The summed E-state index contributed by atoms with van der Waals surface area (Å²) in [6, 6.07) is 0.340. The maximum atomic E-state index is 11.0. The Morgan fingerprint density at radius 1 is 1.14 bits per heavy atom. The molecule has 4 heteroatoms. The van der Waals surface area contributed by atoms with Crippen LogP contribution in [0.5, 0.6) is 0 Å². The lowest BCUT2D eigenvalue weighted by Gasteiger charge is -2.16. The summed E-state index contributed by atoms with van der Waals surface area (Å²) in [5.74, 6) is 0.973. The molecule has 0 bridgehead atoms. The van der Waals surface area contributed by atoms with Crippen LogP contribution in [0.1, 0.15) is 33.1 Å². The average molecular weight is 221 g/mol. The van der Waals surface area contributed by atoms with Gasteiger partial charge in [-0.25, -0.2) is 8.42 Å². The number of nitrogens with one attached hydrogen (secondary N) is 1. The predicted octanol–water partition coefficient (Wildman–Crippen LogP) is 1.45. The van der Waals surface area contributed by atoms with Gasteiger partial charge in [0, 0.05) is 12.3 Å². The first-order valence-electron chi connectivity index (χ1n) is 5.20. The van der Waals surface area contributed by atoms with Crippen LogP contribution in [0, 0.1) is 5.92 Å². The van der Waals surface area contributed by atoms with Gasteiger partial charge in [-0.15, -0.1) is 0 Å². The van der Waals surface area contributed by atoms with Gasteiger partial charge in [-0.2, -0.15) is 0 Å². The topological polar surface area (TPSA) is 46.2 Å². The zero-order valence-corrected chi connectivity index (χ0v) is 10.5. The molecule has 3 nitrogen and oxygen atoms in total. The highest BCUT2D eigenvalue weighted by Gasteiger charge is 2.10. The Balaban J connectivity index is 3.80. The van der Waals surface area contributed by atoms with Gasteiger partial charge in [0.15, 0.2) is 0 Å². The lowest BCUT2D eigenvalue weighted by Crippen LogP contribution is -2.28. The van der Waals surface area contributed by atoms with E-state index < -0.39 is 9.84 Å². The summed E-state index contributed by atoms with van der Waals surface area (Å²) in [6.07, 6.45) is 4.23. The van der Waals surface area contributed by atoms with Crippen molar-refractivity contribution in [3.05, 3.63) is 0 Å². The van der Waals surface area contributed by atoms with Crippen LogP contribution in [0.4, 0.5) is 0 Å². The van der Waals surface area contributed by atoms with E-state index in [1.165, 1.54) is 6.26 Å². The zero-order chi connectivity index (χ0) is 11.2. The van der Waals surface area contributed by atoms with Crippen molar-refractivity contribution in [2.45, 2.75) is 39.2 Å². The van der Waals surface area contributed by atoms with Crippen molar-refractivity contribution in [1.82, 2.24) is 5.32 Å². The normalized spacial score (nSPS) is 14.6. The fraction of sp³-hybridized carbons (Fsp3) is 1.00. The molecule has 0 rings (SSSR count). The Labute approximate surface area is 88.2 Å². The van der Waals surface area contributed by atoms with E-state index in [0.717, 1.165) is 19.3 Å². The van der Waals surface area contributed by atoms with E-state index in [4.69, 9.17) is 0 Å². The van der Waals surface area contributed by atoms with E-state index in [9.17, 15) is 8.42 Å². The molecular weight excluding hydrogens is 198 g/mol. The van der Waals surface area contributed by atoms with Gasteiger partial charge in [0.25, 0.3) is 0 Å². The quantitative estimate of drug-likeness (QED) is 0.707. The Morgan fingerprint density at radius 3 is 2.07 bits per heavy atom. The number of rotatable bonds is 7. The van der Waals surface area contributed by atoms with Crippen LogP contribution in [0.2, 0.25) is 0 Å². The van der Waals surface area contributed by atoms with Crippen LogP contribution in [-0.4, -0.2) is 33.5 Å². The zero-order valence-electron chi connectivity index (χ0n) is 9.71. The Hall–Kier alpha value is -0.0900. The number of hydrogen-bond donors (Lipinski definition) is 1. The molecule has 1 N–H and O–H groups in total. The molecule has 0 aliphatic rings. The smallest absolute Gasteiger partial charge is 0.147 e. The largest absolute Gasteiger partial charge is 0.317 e. The lowest BCUT2D eigenvalue weighted by molar-refractivity contribution is 0.443. The minimum atomic E-state index is -2.81. The highest BCUT2D eigenvalue weighted by molar-refractivity contribution is 7.90.